The molecule has 1 unspecified atom stereocenters. The molecular weight excluding hydrogens is 440 g/mol. The fraction of sp³-hybridized carbons (Fsp3) is 0.182. The predicted octanol–water partition coefficient (Wildman–Crippen LogP) is 5.96. The molecule has 1 atom stereocenters. The first-order valence-corrected chi connectivity index (χ1v) is 9.57. The Hall–Kier alpha value is -1.92. The van der Waals surface area contributed by atoms with Crippen LogP contribution < -0.4 is 10.1 Å². The maximum atomic E-state index is 13.6. The Labute approximate surface area is 167 Å². The summed E-state index contributed by atoms with van der Waals surface area (Å²) >= 11 is 2.06. The molecule has 0 amide bonds. The van der Waals surface area contributed by atoms with E-state index in [1.165, 1.54) is 11.6 Å². The number of para-hydroxylation sites is 1. The molecule has 0 heterocycles. The van der Waals surface area contributed by atoms with Crippen molar-refractivity contribution in [3.8, 4) is 16.9 Å². The van der Waals surface area contributed by atoms with Crippen LogP contribution in [-0.2, 0) is 6.54 Å². The Bertz CT molecular complexity index is 880. The van der Waals surface area contributed by atoms with Crippen molar-refractivity contribution >= 4 is 22.6 Å². The average Bonchev–Trinajstić information content (AvgIpc) is 2.69. The second-order valence-electron chi connectivity index (χ2n) is 6.14. The molecule has 0 radical (unpaired) electrons. The second-order valence-corrected chi connectivity index (χ2v) is 7.22. The summed E-state index contributed by atoms with van der Waals surface area (Å²) in [6.07, 6.45) is 0. The molecule has 3 aromatic rings. The molecule has 0 saturated carbocycles. The van der Waals surface area contributed by atoms with Crippen LogP contribution in [0, 0.1) is 9.39 Å². The fourth-order valence-electron chi connectivity index (χ4n) is 2.90. The molecule has 0 saturated heterocycles. The molecule has 0 spiro atoms. The smallest absolute Gasteiger partial charge is 0.136 e. The van der Waals surface area contributed by atoms with Crippen molar-refractivity contribution in [1.29, 1.82) is 0 Å². The van der Waals surface area contributed by atoms with E-state index in [9.17, 15) is 4.39 Å². The zero-order chi connectivity index (χ0) is 18.5. The lowest BCUT2D eigenvalue weighted by molar-refractivity contribution is 0.416. The summed E-state index contributed by atoms with van der Waals surface area (Å²) in [4.78, 5) is 0. The van der Waals surface area contributed by atoms with E-state index in [2.05, 4.69) is 65.2 Å². The number of ether oxygens (including phenoxy) is 1. The number of hydrogen-bond donors (Lipinski definition) is 1. The first kappa shape index (κ1) is 18.9. The number of benzene rings is 3. The highest BCUT2D eigenvalue weighted by Crippen LogP contribution is 2.30. The SMILES string of the molecule is COc1ccccc1-c1ccc(C(C)NCc2cccc(F)c2I)cc1. The van der Waals surface area contributed by atoms with Gasteiger partial charge >= 0.3 is 0 Å². The van der Waals surface area contributed by atoms with Crippen molar-refractivity contribution in [2.45, 2.75) is 19.5 Å². The molecular formula is C22H21FINO. The zero-order valence-corrected chi connectivity index (χ0v) is 17.0. The molecule has 1 N–H and O–H groups in total. The van der Waals surface area contributed by atoms with Crippen LogP contribution in [0.5, 0.6) is 5.75 Å². The normalized spacial score (nSPS) is 12.0. The van der Waals surface area contributed by atoms with Crippen LogP contribution in [-0.4, -0.2) is 7.11 Å². The number of methoxy groups -OCH3 is 1. The third-order valence-electron chi connectivity index (χ3n) is 4.46. The quantitative estimate of drug-likeness (QED) is 0.458. The summed E-state index contributed by atoms with van der Waals surface area (Å²) < 4.78 is 19.8. The van der Waals surface area contributed by atoms with Crippen molar-refractivity contribution in [3.63, 3.8) is 0 Å². The van der Waals surface area contributed by atoms with Gasteiger partial charge in [0.1, 0.15) is 11.6 Å². The molecule has 0 aliphatic rings. The minimum absolute atomic E-state index is 0.167. The van der Waals surface area contributed by atoms with Crippen molar-refractivity contribution in [3.05, 3.63) is 87.2 Å². The van der Waals surface area contributed by atoms with Crippen molar-refractivity contribution in [1.82, 2.24) is 5.32 Å². The molecule has 4 heteroatoms. The van der Waals surface area contributed by atoms with Gasteiger partial charge < -0.3 is 10.1 Å². The summed E-state index contributed by atoms with van der Waals surface area (Å²) in [6.45, 7) is 2.75. The maximum Gasteiger partial charge on any atom is 0.136 e. The van der Waals surface area contributed by atoms with E-state index in [0.717, 1.165) is 22.4 Å². The highest BCUT2D eigenvalue weighted by molar-refractivity contribution is 14.1. The van der Waals surface area contributed by atoms with Gasteiger partial charge in [-0.05, 0) is 58.3 Å². The largest absolute Gasteiger partial charge is 0.496 e. The Morgan fingerprint density at radius 2 is 1.73 bits per heavy atom. The molecule has 3 rings (SSSR count). The van der Waals surface area contributed by atoms with Crippen LogP contribution >= 0.6 is 22.6 Å². The molecule has 0 aliphatic carbocycles. The minimum Gasteiger partial charge on any atom is -0.496 e. The molecule has 26 heavy (non-hydrogen) atoms. The monoisotopic (exact) mass is 461 g/mol. The van der Waals surface area contributed by atoms with E-state index >= 15 is 0 Å². The predicted molar refractivity (Wildman–Crippen MR) is 113 cm³/mol. The Morgan fingerprint density at radius 3 is 2.46 bits per heavy atom. The van der Waals surface area contributed by atoms with Crippen LogP contribution in [0.3, 0.4) is 0 Å². The van der Waals surface area contributed by atoms with Gasteiger partial charge in [0, 0.05) is 18.2 Å². The maximum absolute atomic E-state index is 13.6. The average molecular weight is 461 g/mol. The van der Waals surface area contributed by atoms with Crippen LogP contribution in [0.4, 0.5) is 4.39 Å². The minimum atomic E-state index is -0.168. The Morgan fingerprint density at radius 1 is 1.00 bits per heavy atom. The van der Waals surface area contributed by atoms with Gasteiger partial charge in [-0.2, -0.15) is 0 Å². The van der Waals surface area contributed by atoms with Crippen molar-refractivity contribution < 1.29 is 9.13 Å². The number of nitrogens with one attached hydrogen (secondary N) is 1. The van der Waals surface area contributed by atoms with Gasteiger partial charge in [0.05, 0.1) is 10.7 Å². The number of hydrogen-bond acceptors (Lipinski definition) is 2. The molecule has 0 fully saturated rings. The van der Waals surface area contributed by atoms with Crippen molar-refractivity contribution in [2.24, 2.45) is 0 Å². The highest BCUT2D eigenvalue weighted by atomic mass is 127. The highest BCUT2D eigenvalue weighted by Gasteiger charge is 2.10. The van der Waals surface area contributed by atoms with Gasteiger partial charge in [0.15, 0.2) is 0 Å². The van der Waals surface area contributed by atoms with Gasteiger partial charge in [-0.3, -0.25) is 0 Å². The third kappa shape index (κ3) is 4.24. The lowest BCUT2D eigenvalue weighted by Crippen LogP contribution is -2.18. The number of halogens is 2. The third-order valence-corrected chi connectivity index (χ3v) is 5.67. The van der Waals surface area contributed by atoms with Gasteiger partial charge in [-0.1, -0.05) is 54.6 Å². The lowest BCUT2D eigenvalue weighted by Gasteiger charge is -2.16. The van der Waals surface area contributed by atoms with E-state index < -0.39 is 0 Å². The summed E-state index contributed by atoms with van der Waals surface area (Å²) in [6, 6.07) is 21.8. The molecule has 0 bridgehead atoms. The zero-order valence-electron chi connectivity index (χ0n) is 14.8. The van der Waals surface area contributed by atoms with Gasteiger partial charge in [0.2, 0.25) is 0 Å². The van der Waals surface area contributed by atoms with E-state index in [-0.39, 0.29) is 11.9 Å². The van der Waals surface area contributed by atoms with E-state index in [1.54, 1.807) is 13.2 Å². The van der Waals surface area contributed by atoms with E-state index in [4.69, 9.17) is 4.74 Å². The van der Waals surface area contributed by atoms with Gasteiger partial charge in [-0.15, -0.1) is 0 Å². The second kappa shape index (κ2) is 8.64. The van der Waals surface area contributed by atoms with E-state index in [1.807, 2.05) is 24.3 Å². The summed E-state index contributed by atoms with van der Waals surface area (Å²) in [5.41, 5.74) is 4.37. The van der Waals surface area contributed by atoms with E-state index in [0.29, 0.717) is 10.1 Å². The standard InChI is InChI=1S/C22H21FINO/c1-15(25-14-18-6-5-8-20(23)22(18)24)16-10-12-17(13-11-16)19-7-3-4-9-21(19)26-2/h3-13,15,25H,14H2,1-2H3. The lowest BCUT2D eigenvalue weighted by atomic mass is 10.0. The van der Waals surface area contributed by atoms with Crippen LogP contribution in [0.25, 0.3) is 11.1 Å². The molecule has 2 nitrogen and oxygen atoms in total. The van der Waals surface area contributed by atoms with Crippen LogP contribution in [0.2, 0.25) is 0 Å². The molecule has 134 valence electrons. The first-order valence-electron chi connectivity index (χ1n) is 8.49. The summed E-state index contributed by atoms with van der Waals surface area (Å²) in [5.74, 6) is 0.700. The summed E-state index contributed by atoms with van der Waals surface area (Å²) in [5, 5.41) is 3.47. The topological polar surface area (TPSA) is 21.3 Å². The number of rotatable bonds is 6. The van der Waals surface area contributed by atoms with Gasteiger partial charge in [0.25, 0.3) is 0 Å². The molecule has 0 aliphatic heterocycles. The van der Waals surface area contributed by atoms with Gasteiger partial charge in [-0.25, -0.2) is 4.39 Å². The first-order chi connectivity index (χ1) is 12.6. The van der Waals surface area contributed by atoms with Crippen LogP contribution in [0.1, 0.15) is 24.1 Å². The summed E-state index contributed by atoms with van der Waals surface area (Å²) in [7, 11) is 1.69. The van der Waals surface area contributed by atoms with Crippen LogP contribution in [0.15, 0.2) is 66.7 Å². The molecule has 0 aromatic heterocycles. The molecule has 3 aromatic carbocycles. The Balaban J connectivity index is 1.71. The fourth-order valence-corrected chi connectivity index (χ4v) is 3.45. The Kier molecular flexibility index (Phi) is 6.27. The van der Waals surface area contributed by atoms with Crippen molar-refractivity contribution in [2.75, 3.05) is 7.11 Å².